The molecule has 1 saturated carbocycles. The number of nitrogens with one attached hydrogen (secondary N) is 2. The Morgan fingerprint density at radius 3 is 2.54 bits per heavy atom. The van der Waals surface area contributed by atoms with Gasteiger partial charge >= 0.3 is 0 Å². The number of carbonyl (C=O) groups is 2. The molecule has 6 rings (SSSR count). The topological polar surface area (TPSA) is 73.9 Å². The third kappa shape index (κ3) is 5.71. The van der Waals surface area contributed by atoms with E-state index in [4.69, 9.17) is 4.74 Å². The van der Waals surface area contributed by atoms with Crippen molar-refractivity contribution in [2.75, 3.05) is 44.7 Å². The van der Waals surface area contributed by atoms with E-state index in [0.717, 1.165) is 83.6 Å². The van der Waals surface area contributed by atoms with Crippen LogP contribution < -0.4 is 10.6 Å². The highest BCUT2D eigenvalue weighted by atomic mass is 16.5. The monoisotopic (exact) mass is 530 g/mol. The fourth-order valence-corrected chi connectivity index (χ4v) is 7.34. The number of para-hydroxylation sites is 1. The van der Waals surface area contributed by atoms with Crippen LogP contribution in [0.4, 0.5) is 5.69 Å². The molecule has 3 heterocycles. The lowest BCUT2D eigenvalue weighted by molar-refractivity contribution is -0.139. The van der Waals surface area contributed by atoms with E-state index in [1.54, 1.807) is 0 Å². The molecular formula is C32H42N4O3. The molecule has 2 saturated heterocycles. The van der Waals surface area contributed by atoms with Crippen LogP contribution in [0.2, 0.25) is 0 Å². The van der Waals surface area contributed by atoms with Crippen molar-refractivity contribution < 1.29 is 14.3 Å². The molecule has 4 aliphatic rings. The van der Waals surface area contributed by atoms with Gasteiger partial charge < -0.3 is 20.3 Å². The summed E-state index contributed by atoms with van der Waals surface area (Å²) < 4.78 is 5.42. The molecule has 208 valence electrons. The lowest BCUT2D eigenvalue weighted by atomic mass is 9.79. The van der Waals surface area contributed by atoms with E-state index in [-0.39, 0.29) is 35.9 Å². The Labute approximate surface area is 232 Å². The Morgan fingerprint density at radius 1 is 0.923 bits per heavy atom. The highest BCUT2D eigenvalue weighted by molar-refractivity contribution is 5.83. The van der Waals surface area contributed by atoms with Gasteiger partial charge in [0.25, 0.3) is 0 Å². The number of carbonyl (C=O) groups excluding carboxylic acids is 2. The molecule has 2 aromatic carbocycles. The largest absolute Gasteiger partial charge is 0.379 e. The molecule has 7 heteroatoms. The Hall–Kier alpha value is -2.90. The van der Waals surface area contributed by atoms with Gasteiger partial charge in [-0.3, -0.25) is 14.5 Å². The molecule has 2 amide bonds. The van der Waals surface area contributed by atoms with Crippen LogP contribution in [-0.4, -0.2) is 67.0 Å². The van der Waals surface area contributed by atoms with Gasteiger partial charge in [0.1, 0.15) is 0 Å². The van der Waals surface area contributed by atoms with Crippen LogP contribution in [0.3, 0.4) is 0 Å². The van der Waals surface area contributed by atoms with Gasteiger partial charge in [-0.25, -0.2) is 0 Å². The first-order chi connectivity index (χ1) is 19.2. The van der Waals surface area contributed by atoms with Crippen LogP contribution in [0.15, 0.2) is 54.6 Å². The lowest BCUT2D eigenvalue weighted by Gasteiger charge is -2.42. The molecule has 5 atom stereocenters. The van der Waals surface area contributed by atoms with Gasteiger partial charge in [0, 0.05) is 43.7 Å². The number of benzene rings is 2. The normalized spacial score (nSPS) is 28.7. The van der Waals surface area contributed by atoms with Crippen molar-refractivity contribution in [3.05, 3.63) is 65.7 Å². The van der Waals surface area contributed by atoms with Crippen molar-refractivity contribution in [1.29, 1.82) is 0 Å². The van der Waals surface area contributed by atoms with Crippen molar-refractivity contribution in [1.82, 2.24) is 15.1 Å². The first kappa shape index (κ1) is 26.3. The SMILES string of the molecule is O=C(CCCN1CCOCC1)N[C@@H]1CCCC[C@@H]1C(=O)N1CC[C@H]2[C@H](c3ccccc3)Nc3ccccc3[C@@H]21. The fourth-order valence-electron chi connectivity index (χ4n) is 7.34. The van der Waals surface area contributed by atoms with Gasteiger partial charge in [-0.15, -0.1) is 0 Å². The molecule has 0 spiro atoms. The Kier molecular flexibility index (Phi) is 8.16. The van der Waals surface area contributed by atoms with Gasteiger partial charge in [0.15, 0.2) is 0 Å². The predicted molar refractivity (Wildman–Crippen MR) is 152 cm³/mol. The van der Waals surface area contributed by atoms with Crippen LogP contribution in [0.5, 0.6) is 0 Å². The smallest absolute Gasteiger partial charge is 0.228 e. The number of ether oxygens (including phenoxy) is 1. The van der Waals surface area contributed by atoms with Gasteiger partial charge in [0.2, 0.25) is 11.8 Å². The number of hydrogen-bond acceptors (Lipinski definition) is 5. The molecule has 1 aliphatic carbocycles. The summed E-state index contributed by atoms with van der Waals surface area (Å²) in [4.78, 5) is 31.7. The Balaban J connectivity index is 1.15. The summed E-state index contributed by atoms with van der Waals surface area (Å²) in [6.45, 7) is 5.15. The number of likely N-dealkylation sites (tertiary alicyclic amines) is 1. The van der Waals surface area contributed by atoms with Gasteiger partial charge in [0.05, 0.1) is 31.2 Å². The average molecular weight is 531 g/mol. The van der Waals surface area contributed by atoms with Crippen molar-refractivity contribution in [3.8, 4) is 0 Å². The number of hydrogen-bond donors (Lipinski definition) is 2. The summed E-state index contributed by atoms with van der Waals surface area (Å²) in [7, 11) is 0. The minimum absolute atomic E-state index is 0.0620. The quantitative estimate of drug-likeness (QED) is 0.550. The zero-order valence-electron chi connectivity index (χ0n) is 22.9. The van der Waals surface area contributed by atoms with Crippen LogP contribution >= 0.6 is 0 Å². The Morgan fingerprint density at radius 2 is 1.69 bits per heavy atom. The van der Waals surface area contributed by atoms with Crippen LogP contribution in [-0.2, 0) is 14.3 Å². The van der Waals surface area contributed by atoms with Crippen molar-refractivity contribution in [2.24, 2.45) is 11.8 Å². The lowest BCUT2D eigenvalue weighted by Crippen LogP contribution is -2.50. The molecule has 0 unspecified atom stereocenters. The maximum absolute atomic E-state index is 14.3. The second-order valence-electron chi connectivity index (χ2n) is 11.7. The second kappa shape index (κ2) is 12.1. The molecule has 0 aromatic heterocycles. The van der Waals surface area contributed by atoms with Crippen molar-refractivity contribution in [2.45, 2.75) is 63.1 Å². The summed E-state index contributed by atoms with van der Waals surface area (Å²) in [5.41, 5.74) is 3.62. The number of nitrogens with zero attached hydrogens (tertiary/aromatic N) is 2. The highest BCUT2D eigenvalue weighted by Crippen LogP contribution is 2.51. The van der Waals surface area contributed by atoms with Crippen LogP contribution in [0.25, 0.3) is 0 Å². The molecular weight excluding hydrogens is 488 g/mol. The molecule has 39 heavy (non-hydrogen) atoms. The summed E-state index contributed by atoms with van der Waals surface area (Å²) >= 11 is 0. The summed E-state index contributed by atoms with van der Waals surface area (Å²) in [6, 6.07) is 19.3. The van der Waals surface area contributed by atoms with Crippen LogP contribution in [0, 0.1) is 11.8 Å². The number of amides is 2. The molecule has 7 nitrogen and oxygen atoms in total. The first-order valence-corrected chi connectivity index (χ1v) is 15.0. The van der Waals surface area contributed by atoms with E-state index in [1.807, 2.05) is 0 Å². The zero-order valence-corrected chi connectivity index (χ0v) is 22.9. The van der Waals surface area contributed by atoms with E-state index < -0.39 is 0 Å². The van der Waals surface area contributed by atoms with Gasteiger partial charge in [-0.1, -0.05) is 61.4 Å². The van der Waals surface area contributed by atoms with E-state index in [1.165, 1.54) is 11.1 Å². The minimum atomic E-state index is -0.141. The fraction of sp³-hybridized carbons (Fsp3) is 0.562. The molecule has 3 fully saturated rings. The first-order valence-electron chi connectivity index (χ1n) is 15.0. The maximum atomic E-state index is 14.3. The number of morpholine rings is 1. The predicted octanol–water partition coefficient (Wildman–Crippen LogP) is 4.53. The number of fused-ring (bicyclic) bond motifs is 3. The second-order valence-corrected chi connectivity index (χ2v) is 11.7. The molecule has 0 bridgehead atoms. The molecule has 3 aliphatic heterocycles. The third-order valence-corrected chi connectivity index (χ3v) is 9.32. The average Bonchev–Trinajstić information content (AvgIpc) is 3.43. The summed E-state index contributed by atoms with van der Waals surface area (Å²) in [5, 5.41) is 7.09. The summed E-state index contributed by atoms with van der Waals surface area (Å²) in [6.07, 6.45) is 6.19. The molecule has 2 N–H and O–H groups in total. The standard InChI is InChI=1S/C32H42N4O3/c37-29(15-8-17-35-19-21-39-22-20-35)33-28-14-7-5-12-25(28)32(38)36-18-16-26-30(23-9-2-1-3-10-23)34-27-13-6-4-11-24(27)31(26)36/h1-4,6,9-11,13,25-26,28,30-31,34H,5,7-8,12,14-22H2,(H,33,37)/t25-,26-,28+,30-,31-/m0/s1. The van der Waals surface area contributed by atoms with Crippen molar-refractivity contribution >= 4 is 17.5 Å². The maximum Gasteiger partial charge on any atom is 0.228 e. The van der Waals surface area contributed by atoms with Gasteiger partial charge in [-0.05, 0) is 49.4 Å². The van der Waals surface area contributed by atoms with Crippen molar-refractivity contribution in [3.63, 3.8) is 0 Å². The highest BCUT2D eigenvalue weighted by Gasteiger charge is 2.48. The van der Waals surface area contributed by atoms with E-state index in [0.29, 0.717) is 12.3 Å². The van der Waals surface area contributed by atoms with Crippen LogP contribution in [0.1, 0.15) is 68.2 Å². The Bertz CT molecular complexity index is 1140. The number of rotatable bonds is 7. The summed E-state index contributed by atoms with van der Waals surface area (Å²) in [5.74, 6) is 0.494. The zero-order chi connectivity index (χ0) is 26.6. The number of anilines is 1. The van der Waals surface area contributed by atoms with E-state index >= 15 is 0 Å². The molecule has 0 radical (unpaired) electrons. The third-order valence-electron chi connectivity index (χ3n) is 9.32. The van der Waals surface area contributed by atoms with E-state index in [2.05, 4.69) is 75.0 Å². The molecule has 2 aromatic rings. The van der Waals surface area contributed by atoms with Gasteiger partial charge in [-0.2, -0.15) is 0 Å². The van der Waals surface area contributed by atoms with E-state index in [9.17, 15) is 9.59 Å². The minimum Gasteiger partial charge on any atom is -0.379 e.